The molecule has 0 radical (unpaired) electrons. The summed E-state index contributed by atoms with van der Waals surface area (Å²) in [5.41, 5.74) is -0.380. The van der Waals surface area contributed by atoms with Crippen LogP contribution >= 0.6 is 15.9 Å². The lowest BCUT2D eigenvalue weighted by atomic mass is 10.1. The van der Waals surface area contributed by atoms with Gasteiger partial charge in [-0.2, -0.15) is 0 Å². The molecule has 0 saturated carbocycles. The third-order valence-electron chi connectivity index (χ3n) is 2.09. The molecular formula is C10H10BrF2NO3. The SMILES string of the molecule is COC(=O)Cc1c(C(F)F)ncc(OC)c1Br. The number of hydrogen-bond donors (Lipinski definition) is 0. The van der Waals surface area contributed by atoms with Crippen molar-refractivity contribution in [3.8, 4) is 5.75 Å². The van der Waals surface area contributed by atoms with Gasteiger partial charge in [0.05, 0.1) is 31.3 Å². The van der Waals surface area contributed by atoms with Gasteiger partial charge >= 0.3 is 5.97 Å². The molecule has 1 heterocycles. The van der Waals surface area contributed by atoms with Crippen molar-refractivity contribution >= 4 is 21.9 Å². The van der Waals surface area contributed by atoms with E-state index in [1.807, 2.05) is 0 Å². The molecule has 0 saturated heterocycles. The predicted octanol–water partition coefficient (Wildman–Crippen LogP) is 2.51. The van der Waals surface area contributed by atoms with Gasteiger partial charge in [0, 0.05) is 5.56 Å². The van der Waals surface area contributed by atoms with Gasteiger partial charge < -0.3 is 9.47 Å². The fraction of sp³-hybridized carbons (Fsp3) is 0.400. The molecule has 7 heteroatoms. The molecule has 0 amide bonds. The highest BCUT2D eigenvalue weighted by molar-refractivity contribution is 9.10. The molecule has 0 spiro atoms. The van der Waals surface area contributed by atoms with Crippen LogP contribution in [0.15, 0.2) is 10.7 Å². The number of ether oxygens (including phenoxy) is 2. The molecule has 0 aliphatic rings. The minimum Gasteiger partial charge on any atom is -0.494 e. The van der Waals surface area contributed by atoms with Gasteiger partial charge in [-0.15, -0.1) is 0 Å². The Kier molecular flexibility index (Phi) is 4.80. The van der Waals surface area contributed by atoms with E-state index in [1.165, 1.54) is 20.4 Å². The van der Waals surface area contributed by atoms with Crippen molar-refractivity contribution in [3.63, 3.8) is 0 Å². The Hall–Kier alpha value is -1.24. The third kappa shape index (κ3) is 3.12. The van der Waals surface area contributed by atoms with Gasteiger partial charge in [-0.05, 0) is 15.9 Å². The van der Waals surface area contributed by atoms with E-state index in [9.17, 15) is 13.6 Å². The normalized spacial score (nSPS) is 10.5. The Morgan fingerprint density at radius 1 is 1.53 bits per heavy atom. The van der Waals surface area contributed by atoms with E-state index in [2.05, 4.69) is 25.7 Å². The molecule has 0 fully saturated rings. The smallest absolute Gasteiger partial charge is 0.310 e. The highest BCUT2D eigenvalue weighted by atomic mass is 79.9. The van der Waals surface area contributed by atoms with Crippen LogP contribution in [0, 0.1) is 0 Å². The van der Waals surface area contributed by atoms with E-state index in [0.717, 1.165) is 0 Å². The van der Waals surface area contributed by atoms with Crippen LogP contribution in [-0.2, 0) is 16.0 Å². The summed E-state index contributed by atoms with van der Waals surface area (Å²) >= 11 is 3.11. The summed E-state index contributed by atoms with van der Waals surface area (Å²) in [5, 5.41) is 0. The van der Waals surface area contributed by atoms with Gasteiger partial charge in [0.2, 0.25) is 0 Å². The number of carbonyl (C=O) groups excluding carboxylic acids is 1. The Morgan fingerprint density at radius 3 is 2.65 bits per heavy atom. The van der Waals surface area contributed by atoms with Crippen molar-refractivity contribution in [3.05, 3.63) is 21.9 Å². The van der Waals surface area contributed by atoms with E-state index >= 15 is 0 Å². The maximum absolute atomic E-state index is 12.7. The summed E-state index contributed by atoms with van der Waals surface area (Å²) in [5.74, 6) is -0.337. The maximum Gasteiger partial charge on any atom is 0.310 e. The zero-order valence-corrected chi connectivity index (χ0v) is 10.8. The van der Waals surface area contributed by atoms with E-state index in [-0.39, 0.29) is 22.2 Å². The number of esters is 1. The Bertz CT molecular complexity index is 426. The summed E-state index contributed by atoms with van der Waals surface area (Å²) in [6, 6.07) is 0. The number of nitrogens with zero attached hydrogens (tertiary/aromatic N) is 1. The lowest BCUT2D eigenvalue weighted by molar-refractivity contribution is -0.139. The average molecular weight is 310 g/mol. The number of methoxy groups -OCH3 is 2. The second kappa shape index (κ2) is 5.90. The van der Waals surface area contributed by atoms with Crippen LogP contribution in [0.25, 0.3) is 0 Å². The number of pyridine rings is 1. The van der Waals surface area contributed by atoms with Crippen molar-refractivity contribution in [2.75, 3.05) is 14.2 Å². The van der Waals surface area contributed by atoms with E-state index in [4.69, 9.17) is 4.74 Å². The summed E-state index contributed by atoms with van der Waals surface area (Å²) in [6.45, 7) is 0. The number of rotatable bonds is 4. The number of hydrogen-bond acceptors (Lipinski definition) is 4. The van der Waals surface area contributed by atoms with Crippen LogP contribution in [-0.4, -0.2) is 25.2 Å². The number of aromatic nitrogens is 1. The van der Waals surface area contributed by atoms with Gasteiger partial charge in [-0.1, -0.05) is 0 Å². The first-order valence-electron chi connectivity index (χ1n) is 4.57. The minimum absolute atomic E-state index is 0.0752. The van der Waals surface area contributed by atoms with E-state index in [0.29, 0.717) is 0 Å². The lowest BCUT2D eigenvalue weighted by Crippen LogP contribution is -2.10. The summed E-state index contributed by atoms with van der Waals surface area (Å²) < 4.78 is 35.1. The zero-order chi connectivity index (χ0) is 13.0. The van der Waals surface area contributed by atoms with Gasteiger partial charge in [0.25, 0.3) is 6.43 Å². The number of halogens is 3. The second-order valence-electron chi connectivity index (χ2n) is 3.06. The quantitative estimate of drug-likeness (QED) is 0.802. The number of carbonyl (C=O) groups is 1. The summed E-state index contributed by atoms with van der Waals surface area (Å²) in [7, 11) is 2.57. The Morgan fingerprint density at radius 2 is 2.18 bits per heavy atom. The molecule has 0 bridgehead atoms. The minimum atomic E-state index is -2.77. The maximum atomic E-state index is 12.7. The van der Waals surface area contributed by atoms with Gasteiger partial charge in [-0.3, -0.25) is 9.78 Å². The topological polar surface area (TPSA) is 48.4 Å². The van der Waals surface area contributed by atoms with Gasteiger partial charge in [-0.25, -0.2) is 8.78 Å². The fourth-order valence-corrected chi connectivity index (χ4v) is 1.85. The molecule has 1 aromatic heterocycles. The third-order valence-corrected chi connectivity index (χ3v) is 2.96. The molecule has 0 N–H and O–H groups in total. The van der Waals surface area contributed by atoms with Crippen LogP contribution < -0.4 is 4.74 Å². The van der Waals surface area contributed by atoms with E-state index in [1.54, 1.807) is 0 Å². The van der Waals surface area contributed by atoms with Gasteiger partial charge in [0.15, 0.2) is 5.75 Å². The molecule has 0 unspecified atom stereocenters. The van der Waals surface area contributed by atoms with Crippen molar-refractivity contribution in [2.24, 2.45) is 0 Å². The molecule has 4 nitrogen and oxygen atoms in total. The zero-order valence-electron chi connectivity index (χ0n) is 9.17. The standard InChI is InChI=1S/C10H10BrF2NO3/c1-16-6-4-14-9(10(12)13)5(8(6)11)3-7(15)17-2/h4,10H,3H2,1-2H3. The van der Waals surface area contributed by atoms with Crippen LogP contribution in [0.2, 0.25) is 0 Å². The van der Waals surface area contributed by atoms with Crippen LogP contribution in [0.5, 0.6) is 5.75 Å². The van der Waals surface area contributed by atoms with Gasteiger partial charge in [0.1, 0.15) is 5.69 Å². The van der Waals surface area contributed by atoms with Crippen LogP contribution in [0.1, 0.15) is 17.7 Å². The van der Waals surface area contributed by atoms with Crippen molar-refractivity contribution < 1.29 is 23.0 Å². The first-order chi connectivity index (χ1) is 8.01. The molecule has 0 aliphatic carbocycles. The van der Waals surface area contributed by atoms with Crippen LogP contribution in [0.3, 0.4) is 0 Å². The first-order valence-corrected chi connectivity index (χ1v) is 5.36. The molecule has 0 aromatic carbocycles. The average Bonchev–Trinajstić information content (AvgIpc) is 2.30. The molecule has 1 rings (SSSR count). The fourth-order valence-electron chi connectivity index (χ4n) is 1.24. The first kappa shape index (κ1) is 13.8. The molecular weight excluding hydrogens is 300 g/mol. The van der Waals surface area contributed by atoms with E-state index < -0.39 is 18.1 Å². The predicted molar refractivity (Wildman–Crippen MR) is 59.2 cm³/mol. The molecule has 17 heavy (non-hydrogen) atoms. The second-order valence-corrected chi connectivity index (χ2v) is 3.85. The summed E-state index contributed by atoms with van der Waals surface area (Å²) in [6.07, 6.45) is -1.88. The molecule has 0 aliphatic heterocycles. The highest BCUT2D eigenvalue weighted by Gasteiger charge is 2.22. The van der Waals surface area contributed by atoms with Crippen LogP contribution in [0.4, 0.5) is 8.78 Å². The van der Waals surface area contributed by atoms with Crippen molar-refractivity contribution in [1.82, 2.24) is 4.98 Å². The Balaban J connectivity index is 3.24. The highest BCUT2D eigenvalue weighted by Crippen LogP contribution is 2.33. The number of alkyl halides is 2. The van der Waals surface area contributed by atoms with Crippen molar-refractivity contribution in [2.45, 2.75) is 12.8 Å². The molecule has 0 atom stereocenters. The monoisotopic (exact) mass is 309 g/mol. The lowest BCUT2D eigenvalue weighted by Gasteiger charge is -2.12. The Labute approximate surface area is 105 Å². The largest absolute Gasteiger partial charge is 0.494 e. The summed E-state index contributed by atoms with van der Waals surface area (Å²) in [4.78, 5) is 14.7. The molecule has 1 aromatic rings. The molecule has 94 valence electrons. The van der Waals surface area contributed by atoms with Crippen molar-refractivity contribution in [1.29, 1.82) is 0 Å².